The van der Waals surface area contributed by atoms with Crippen molar-refractivity contribution >= 4 is 49.6 Å². The van der Waals surface area contributed by atoms with Crippen molar-refractivity contribution in [1.82, 2.24) is 4.57 Å². The third-order valence-corrected chi connectivity index (χ3v) is 15.6. The first-order chi connectivity index (χ1) is 34.0. The first-order valence-electron chi connectivity index (χ1n) is 25.0. The summed E-state index contributed by atoms with van der Waals surface area (Å²) >= 11 is 0. The van der Waals surface area contributed by atoms with Gasteiger partial charge in [-0.05, 0) is 134 Å². The Morgan fingerprint density at radius 3 is 1.74 bits per heavy atom. The van der Waals surface area contributed by atoms with Crippen molar-refractivity contribution in [3.63, 3.8) is 0 Å². The highest BCUT2D eigenvalue weighted by atomic mass is 15.1. The van der Waals surface area contributed by atoms with Gasteiger partial charge in [0.25, 0.3) is 0 Å². The number of hydrogen-bond donors (Lipinski definition) is 0. The number of fused-ring (bicyclic) bond motifs is 7. The summed E-state index contributed by atoms with van der Waals surface area (Å²) in [6, 6.07) is 84.0. The molecule has 69 heavy (non-hydrogen) atoms. The smallest absolute Gasteiger partial charge is 0.0547 e. The lowest BCUT2D eigenvalue weighted by molar-refractivity contribution is 0.445. The second kappa shape index (κ2) is 16.7. The summed E-state index contributed by atoms with van der Waals surface area (Å²) < 4.78 is 2.42. The Morgan fingerprint density at radius 1 is 0.420 bits per heavy atom. The van der Waals surface area contributed by atoms with E-state index in [1.807, 2.05) is 0 Å². The van der Waals surface area contributed by atoms with Gasteiger partial charge >= 0.3 is 0 Å². The minimum Gasteiger partial charge on any atom is -0.309 e. The van der Waals surface area contributed by atoms with Gasteiger partial charge in [-0.2, -0.15) is 0 Å². The Kier molecular flexibility index (Phi) is 9.98. The van der Waals surface area contributed by atoms with Crippen molar-refractivity contribution in [2.45, 2.75) is 57.3 Å². The molecule has 0 atom stereocenters. The maximum absolute atomic E-state index is 2.54. The van der Waals surface area contributed by atoms with Crippen molar-refractivity contribution in [1.29, 1.82) is 0 Å². The van der Waals surface area contributed by atoms with Crippen LogP contribution in [0.1, 0.15) is 68.6 Å². The summed E-state index contributed by atoms with van der Waals surface area (Å²) in [6.07, 6.45) is 6.44. The van der Waals surface area contributed by atoms with E-state index in [0.717, 1.165) is 22.7 Å². The van der Waals surface area contributed by atoms with Gasteiger partial charge in [-0.15, -0.1) is 0 Å². The highest BCUT2D eigenvalue weighted by Gasteiger charge is 2.35. The van der Waals surface area contributed by atoms with Gasteiger partial charge in [0.15, 0.2) is 0 Å². The first-order valence-corrected chi connectivity index (χ1v) is 25.0. The maximum Gasteiger partial charge on any atom is 0.0547 e. The number of aromatic nitrogens is 1. The lowest BCUT2D eigenvalue weighted by Gasteiger charge is -2.31. The largest absolute Gasteiger partial charge is 0.309 e. The summed E-state index contributed by atoms with van der Waals surface area (Å²) in [7, 11) is 0. The van der Waals surface area contributed by atoms with E-state index in [-0.39, 0.29) is 5.41 Å². The van der Waals surface area contributed by atoms with Gasteiger partial charge in [0, 0.05) is 38.7 Å². The lowest BCUT2D eigenvalue weighted by Crippen LogP contribution is -2.14. The van der Waals surface area contributed by atoms with E-state index in [9.17, 15) is 0 Å². The molecule has 11 aromatic rings. The standard InChI is InChI=1S/C67H54N2/c1-67(2)59-33-13-9-26-52(59)53-43-40-48(44-60(53)67)45-38-41-50(42-39-45)68(61-34-14-10-27-54(61)56-31-18-23-47-22-17-30-51(65(47)56)46-20-5-3-6-21-46)62-35-15-11-28-55(62)57-32-19-37-64-66(57)58-29-12-16-36-63(58)69(64)49-24-7-4-8-25-49/h4,7-19,22-44,46H,3,5-6,20-21H2,1-2H3. The summed E-state index contributed by atoms with van der Waals surface area (Å²) in [5, 5.41) is 5.19. The molecule has 0 aliphatic heterocycles. The molecule has 0 saturated heterocycles. The van der Waals surface area contributed by atoms with Gasteiger partial charge in [-0.1, -0.05) is 203 Å². The first kappa shape index (κ1) is 41.3. The van der Waals surface area contributed by atoms with E-state index in [1.54, 1.807) is 0 Å². The fourth-order valence-electron chi connectivity index (χ4n) is 12.3. The van der Waals surface area contributed by atoms with Crippen LogP contribution >= 0.6 is 0 Å². The van der Waals surface area contributed by atoms with Crippen molar-refractivity contribution in [2.24, 2.45) is 0 Å². The predicted molar refractivity (Wildman–Crippen MR) is 293 cm³/mol. The molecule has 1 aromatic heterocycles. The monoisotopic (exact) mass is 886 g/mol. The summed E-state index contributed by atoms with van der Waals surface area (Å²) in [4.78, 5) is 2.54. The van der Waals surface area contributed by atoms with Crippen molar-refractivity contribution < 1.29 is 0 Å². The summed E-state index contributed by atoms with van der Waals surface area (Å²) in [6.45, 7) is 4.73. The molecule has 1 saturated carbocycles. The number of anilines is 3. The average Bonchev–Trinajstić information content (AvgIpc) is 3.87. The molecule has 2 heteroatoms. The van der Waals surface area contributed by atoms with Crippen molar-refractivity contribution in [2.75, 3.05) is 4.90 Å². The van der Waals surface area contributed by atoms with Crippen LogP contribution < -0.4 is 4.90 Å². The molecular formula is C67H54N2. The normalized spacial score (nSPS) is 14.3. The quantitative estimate of drug-likeness (QED) is 0.148. The van der Waals surface area contributed by atoms with Gasteiger partial charge in [0.05, 0.1) is 22.4 Å². The lowest BCUT2D eigenvalue weighted by atomic mass is 9.80. The SMILES string of the molecule is CC1(C)c2ccccc2-c2ccc(-c3ccc(N(c4ccccc4-c4cccc5cccc(C6CCCCC6)c45)c4ccccc4-c4cccc5c4c4ccccc4n5-c4ccccc4)cc3)cc21. The number of hydrogen-bond acceptors (Lipinski definition) is 1. The molecule has 332 valence electrons. The van der Waals surface area contributed by atoms with E-state index in [0.29, 0.717) is 5.92 Å². The molecule has 10 aromatic carbocycles. The Labute approximate surface area is 405 Å². The number of rotatable bonds is 8. The third-order valence-electron chi connectivity index (χ3n) is 15.6. The van der Waals surface area contributed by atoms with Crippen LogP contribution in [0.15, 0.2) is 224 Å². The zero-order valence-electron chi connectivity index (χ0n) is 39.4. The van der Waals surface area contributed by atoms with Crippen molar-refractivity contribution in [3.8, 4) is 50.2 Å². The second-order valence-corrected chi connectivity index (χ2v) is 19.8. The molecule has 1 heterocycles. The minimum atomic E-state index is -0.0686. The molecule has 0 bridgehead atoms. The predicted octanol–water partition coefficient (Wildman–Crippen LogP) is 18.8. The van der Waals surface area contributed by atoms with Gasteiger partial charge < -0.3 is 9.47 Å². The van der Waals surface area contributed by atoms with Crippen LogP contribution in [0.3, 0.4) is 0 Å². The molecule has 0 spiro atoms. The zero-order valence-corrected chi connectivity index (χ0v) is 39.4. The van der Waals surface area contributed by atoms with E-state index >= 15 is 0 Å². The molecule has 2 nitrogen and oxygen atoms in total. The second-order valence-electron chi connectivity index (χ2n) is 19.8. The van der Waals surface area contributed by atoms with E-state index < -0.39 is 0 Å². The molecule has 0 N–H and O–H groups in total. The average molecular weight is 887 g/mol. The number of benzene rings is 10. The molecule has 0 unspecified atom stereocenters. The van der Waals surface area contributed by atoms with Gasteiger partial charge in [-0.3, -0.25) is 0 Å². The van der Waals surface area contributed by atoms with Gasteiger partial charge in [-0.25, -0.2) is 0 Å². The fourth-order valence-corrected chi connectivity index (χ4v) is 12.3. The van der Waals surface area contributed by atoms with Crippen LogP contribution in [-0.2, 0) is 5.41 Å². The van der Waals surface area contributed by atoms with Gasteiger partial charge in [0.1, 0.15) is 0 Å². The highest BCUT2D eigenvalue weighted by Crippen LogP contribution is 2.52. The molecular weight excluding hydrogens is 833 g/mol. The molecule has 1 fully saturated rings. The molecule has 0 amide bonds. The van der Waals surface area contributed by atoms with Crippen LogP contribution in [0.4, 0.5) is 17.1 Å². The van der Waals surface area contributed by atoms with E-state index in [2.05, 4.69) is 248 Å². The Bertz CT molecular complexity index is 3730. The number of nitrogens with zero attached hydrogens (tertiary/aromatic N) is 2. The molecule has 0 radical (unpaired) electrons. The Balaban J connectivity index is 1.02. The third kappa shape index (κ3) is 6.76. The van der Waals surface area contributed by atoms with Gasteiger partial charge in [0.2, 0.25) is 0 Å². The number of para-hydroxylation sites is 4. The van der Waals surface area contributed by atoms with Crippen LogP contribution in [0.2, 0.25) is 0 Å². The Hall–Kier alpha value is -7.94. The Morgan fingerprint density at radius 2 is 0.986 bits per heavy atom. The summed E-state index contributed by atoms with van der Waals surface area (Å²) in [5.41, 5.74) is 21.2. The van der Waals surface area contributed by atoms with Crippen LogP contribution in [0.25, 0.3) is 82.8 Å². The van der Waals surface area contributed by atoms with Crippen molar-refractivity contribution in [3.05, 3.63) is 241 Å². The van der Waals surface area contributed by atoms with Crippen LogP contribution in [-0.4, -0.2) is 4.57 Å². The molecule has 13 rings (SSSR count). The topological polar surface area (TPSA) is 8.17 Å². The molecule has 2 aliphatic carbocycles. The van der Waals surface area contributed by atoms with E-state index in [4.69, 9.17) is 0 Å². The van der Waals surface area contributed by atoms with E-state index in [1.165, 1.54) is 126 Å². The maximum atomic E-state index is 2.54. The minimum absolute atomic E-state index is 0.0686. The fraction of sp³-hybridized carbons (Fsp3) is 0.134. The van der Waals surface area contributed by atoms with Crippen LogP contribution in [0.5, 0.6) is 0 Å². The highest BCUT2D eigenvalue weighted by molar-refractivity contribution is 6.17. The zero-order chi connectivity index (χ0) is 46.1. The summed E-state index contributed by atoms with van der Waals surface area (Å²) in [5.74, 6) is 0.567. The molecule has 2 aliphatic rings. The van der Waals surface area contributed by atoms with Crippen LogP contribution in [0, 0.1) is 0 Å².